The number of rotatable bonds is 7. The summed E-state index contributed by atoms with van der Waals surface area (Å²) in [5.41, 5.74) is 2.48. The van der Waals surface area contributed by atoms with Gasteiger partial charge < -0.3 is 5.11 Å². The molecule has 3 rings (SSSR count). The van der Waals surface area contributed by atoms with Gasteiger partial charge >= 0.3 is 6.03 Å². The minimum Gasteiger partial charge on any atom is -0.396 e. The van der Waals surface area contributed by atoms with E-state index in [2.05, 4.69) is 10.3 Å². The number of amides is 2. The summed E-state index contributed by atoms with van der Waals surface area (Å²) in [5, 5.41) is 11.9. The Kier molecular flexibility index (Phi) is 6.68. The molecule has 0 saturated carbocycles. The summed E-state index contributed by atoms with van der Waals surface area (Å²) < 4.78 is 27.1. The number of aliphatic hydroxyl groups is 1. The van der Waals surface area contributed by atoms with Gasteiger partial charge in [0.25, 0.3) is 10.0 Å². The molecule has 0 bridgehead atoms. The third-order valence-electron chi connectivity index (χ3n) is 4.11. The van der Waals surface area contributed by atoms with Crippen LogP contribution < -0.4 is 10.0 Å². The normalized spacial score (nSPS) is 11.4. The molecule has 0 aliphatic carbocycles. The fourth-order valence-electron chi connectivity index (χ4n) is 2.73. The molecular formula is C19H21N3O4S3. The number of nitrogens with one attached hydrogen (secondary N) is 2. The molecule has 0 fully saturated rings. The Morgan fingerprint density at radius 1 is 1.17 bits per heavy atom. The second-order valence-corrected chi connectivity index (χ2v) is 10.3. The van der Waals surface area contributed by atoms with Crippen molar-refractivity contribution in [2.75, 3.05) is 11.9 Å². The minimum absolute atomic E-state index is 0.0342. The number of benzene rings is 1. The van der Waals surface area contributed by atoms with Crippen molar-refractivity contribution in [2.45, 2.75) is 30.9 Å². The van der Waals surface area contributed by atoms with Crippen molar-refractivity contribution in [3.05, 3.63) is 51.7 Å². The summed E-state index contributed by atoms with van der Waals surface area (Å²) in [6.07, 6.45) is 1.12. The van der Waals surface area contributed by atoms with Crippen LogP contribution in [0, 0.1) is 6.92 Å². The highest BCUT2D eigenvalue weighted by Gasteiger charge is 2.22. The third kappa shape index (κ3) is 5.02. The molecule has 7 nitrogen and oxygen atoms in total. The molecule has 154 valence electrons. The lowest BCUT2D eigenvalue weighted by Gasteiger charge is -2.05. The number of anilines is 1. The molecule has 3 aromatic rings. The van der Waals surface area contributed by atoms with Crippen molar-refractivity contribution in [1.29, 1.82) is 0 Å². The number of thiophene rings is 1. The van der Waals surface area contributed by atoms with Gasteiger partial charge in [0.15, 0.2) is 5.13 Å². The molecule has 0 unspecified atom stereocenters. The maximum Gasteiger partial charge on any atom is 0.334 e. The van der Waals surface area contributed by atoms with Crippen LogP contribution in [0.2, 0.25) is 0 Å². The molecular weight excluding hydrogens is 430 g/mol. The average Bonchev–Trinajstić information content (AvgIpc) is 3.26. The number of aliphatic hydroxyl groups excluding tert-OH is 1. The fraction of sp³-hybridized carbons (Fsp3) is 0.263. The SMILES string of the molecule is CCc1sc(NC(=O)NS(=O)(=O)c2cc(C)c(CCO)s2)nc1-c1ccccc1. The summed E-state index contributed by atoms with van der Waals surface area (Å²) in [6, 6.07) is 10.2. The van der Waals surface area contributed by atoms with Crippen LogP contribution in [0.15, 0.2) is 40.6 Å². The first-order chi connectivity index (χ1) is 13.8. The minimum atomic E-state index is -4.01. The number of thiazole rings is 1. The summed E-state index contributed by atoms with van der Waals surface area (Å²) >= 11 is 2.36. The molecule has 3 N–H and O–H groups in total. The first-order valence-electron chi connectivity index (χ1n) is 8.93. The van der Waals surface area contributed by atoms with Gasteiger partial charge in [-0.3, -0.25) is 5.32 Å². The highest BCUT2D eigenvalue weighted by atomic mass is 32.2. The van der Waals surface area contributed by atoms with E-state index in [-0.39, 0.29) is 10.8 Å². The maximum absolute atomic E-state index is 12.5. The smallest absolute Gasteiger partial charge is 0.334 e. The van der Waals surface area contributed by atoms with Gasteiger partial charge in [-0.15, -0.1) is 22.7 Å². The van der Waals surface area contributed by atoms with Crippen molar-refractivity contribution < 1.29 is 18.3 Å². The maximum atomic E-state index is 12.5. The van der Waals surface area contributed by atoms with E-state index >= 15 is 0 Å². The summed E-state index contributed by atoms with van der Waals surface area (Å²) in [7, 11) is -4.01. The predicted molar refractivity (Wildman–Crippen MR) is 116 cm³/mol. The number of hydrogen-bond donors (Lipinski definition) is 3. The highest BCUT2D eigenvalue weighted by Crippen LogP contribution is 2.31. The van der Waals surface area contributed by atoms with Gasteiger partial charge in [0.1, 0.15) is 4.21 Å². The van der Waals surface area contributed by atoms with Gasteiger partial charge in [-0.2, -0.15) is 0 Å². The topological polar surface area (TPSA) is 108 Å². The van der Waals surface area contributed by atoms with Gasteiger partial charge in [0, 0.05) is 28.3 Å². The quantitative estimate of drug-likeness (QED) is 0.506. The van der Waals surface area contributed by atoms with Crippen molar-refractivity contribution in [3.8, 4) is 11.3 Å². The Bertz CT molecular complexity index is 1110. The lowest BCUT2D eigenvalue weighted by atomic mass is 10.1. The second kappa shape index (κ2) is 9.04. The largest absolute Gasteiger partial charge is 0.396 e. The molecule has 0 spiro atoms. The van der Waals surface area contributed by atoms with Crippen LogP contribution in [0.25, 0.3) is 11.3 Å². The Morgan fingerprint density at radius 3 is 2.55 bits per heavy atom. The standard InChI is InChI=1S/C19H21N3O4S3/c1-3-14-17(13-7-5-4-6-8-13)20-19(28-14)21-18(24)22-29(25,26)16-11-12(2)15(27-16)9-10-23/h4-8,11,23H,3,9-10H2,1-2H3,(H2,20,21,22,24). The molecule has 2 aromatic heterocycles. The first kappa shape index (κ1) is 21.4. The fourth-order valence-corrected chi connectivity index (χ4v) is 6.14. The van der Waals surface area contributed by atoms with Gasteiger partial charge in [-0.05, 0) is 25.0 Å². The van der Waals surface area contributed by atoms with E-state index in [0.29, 0.717) is 11.6 Å². The van der Waals surface area contributed by atoms with Crippen LogP contribution in [0.3, 0.4) is 0 Å². The van der Waals surface area contributed by atoms with E-state index in [9.17, 15) is 13.2 Å². The number of nitrogens with zero attached hydrogens (tertiary/aromatic N) is 1. The molecule has 10 heteroatoms. The van der Waals surface area contributed by atoms with E-state index in [1.165, 1.54) is 17.4 Å². The van der Waals surface area contributed by atoms with Crippen LogP contribution in [0.1, 0.15) is 22.2 Å². The zero-order chi connectivity index (χ0) is 21.0. The number of sulfonamides is 1. The van der Waals surface area contributed by atoms with Gasteiger partial charge in [0.05, 0.1) is 5.69 Å². The van der Waals surface area contributed by atoms with Gasteiger partial charge in [-0.25, -0.2) is 22.9 Å². The molecule has 29 heavy (non-hydrogen) atoms. The zero-order valence-electron chi connectivity index (χ0n) is 15.9. The Hall–Kier alpha value is -2.27. The molecule has 0 saturated heterocycles. The zero-order valence-corrected chi connectivity index (χ0v) is 18.4. The van der Waals surface area contributed by atoms with E-state index in [0.717, 1.165) is 44.3 Å². The summed E-state index contributed by atoms with van der Waals surface area (Å²) in [5.74, 6) is 0. The second-order valence-electron chi connectivity index (χ2n) is 6.22. The summed E-state index contributed by atoms with van der Waals surface area (Å²) in [6.45, 7) is 3.70. The van der Waals surface area contributed by atoms with Crippen molar-refractivity contribution >= 4 is 43.9 Å². The van der Waals surface area contributed by atoms with E-state index in [1.54, 1.807) is 6.92 Å². The third-order valence-corrected chi connectivity index (χ3v) is 8.33. The van der Waals surface area contributed by atoms with Crippen LogP contribution in [-0.4, -0.2) is 31.1 Å². The predicted octanol–water partition coefficient (Wildman–Crippen LogP) is 3.79. The number of urea groups is 1. The molecule has 0 aliphatic heterocycles. The van der Waals surface area contributed by atoms with Crippen LogP contribution in [0.4, 0.5) is 9.93 Å². The van der Waals surface area contributed by atoms with Crippen molar-refractivity contribution in [2.24, 2.45) is 0 Å². The number of hydrogen-bond acceptors (Lipinski definition) is 7. The van der Waals surface area contributed by atoms with E-state index < -0.39 is 16.1 Å². The summed E-state index contributed by atoms with van der Waals surface area (Å²) in [4.78, 5) is 18.5. The highest BCUT2D eigenvalue weighted by molar-refractivity contribution is 7.92. The number of carbonyl (C=O) groups is 1. The average molecular weight is 452 g/mol. The van der Waals surface area contributed by atoms with Crippen LogP contribution in [-0.2, 0) is 22.9 Å². The first-order valence-corrected chi connectivity index (χ1v) is 12.0. The van der Waals surface area contributed by atoms with Gasteiger partial charge in [-0.1, -0.05) is 37.3 Å². The van der Waals surface area contributed by atoms with Crippen LogP contribution in [0.5, 0.6) is 0 Å². The molecule has 1 aromatic carbocycles. The molecule has 0 atom stereocenters. The Labute approximate surface area is 177 Å². The van der Waals surface area contributed by atoms with E-state index in [4.69, 9.17) is 5.11 Å². The van der Waals surface area contributed by atoms with Crippen molar-refractivity contribution in [3.63, 3.8) is 0 Å². The Balaban J connectivity index is 1.75. The van der Waals surface area contributed by atoms with Gasteiger partial charge in [0.2, 0.25) is 0 Å². The lowest BCUT2D eigenvalue weighted by Crippen LogP contribution is -2.33. The Morgan fingerprint density at radius 2 is 1.90 bits per heavy atom. The molecule has 0 radical (unpaired) electrons. The molecule has 2 amide bonds. The lowest BCUT2D eigenvalue weighted by molar-refractivity contribution is 0.256. The van der Waals surface area contributed by atoms with E-state index in [1.807, 2.05) is 42.0 Å². The van der Waals surface area contributed by atoms with Crippen molar-refractivity contribution in [1.82, 2.24) is 9.71 Å². The number of aryl methyl sites for hydroxylation is 2. The molecule has 2 heterocycles. The molecule has 0 aliphatic rings. The monoisotopic (exact) mass is 451 g/mol. The number of aromatic nitrogens is 1. The number of carbonyl (C=O) groups excluding carboxylic acids is 1. The van der Waals surface area contributed by atoms with Crippen LogP contribution >= 0.6 is 22.7 Å².